The van der Waals surface area contributed by atoms with Crippen LogP contribution in [0.25, 0.3) is 0 Å². The Balaban J connectivity index is 2.97. The second-order valence-corrected chi connectivity index (χ2v) is 4.59. The van der Waals surface area contributed by atoms with Crippen LogP contribution < -0.4 is 5.32 Å². The van der Waals surface area contributed by atoms with E-state index in [9.17, 15) is 15.0 Å². The molecule has 6 heteroatoms. The van der Waals surface area contributed by atoms with E-state index in [0.29, 0.717) is 18.7 Å². The maximum Gasteiger partial charge on any atom is 0.270 e. The fraction of sp³-hybridized carbons (Fsp3) is 0.692. The summed E-state index contributed by atoms with van der Waals surface area (Å²) in [5.41, 5.74) is 0.327. The maximum atomic E-state index is 12.3. The minimum absolute atomic E-state index is 0.299. The van der Waals surface area contributed by atoms with Gasteiger partial charge < -0.3 is 15.5 Å². The van der Waals surface area contributed by atoms with Gasteiger partial charge in [0, 0.05) is 6.54 Å². The van der Waals surface area contributed by atoms with Gasteiger partial charge >= 0.3 is 0 Å². The van der Waals surface area contributed by atoms with Gasteiger partial charge in [-0.1, -0.05) is 13.8 Å². The molecule has 0 aliphatic rings. The number of aliphatic hydroxyl groups excluding tert-OH is 2. The van der Waals surface area contributed by atoms with Gasteiger partial charge in [0.15, 0.2) is 0 Å². The fourth-order valence-electron chi connectivity index (χ4n) is 1.81. The standard InChI is InChI=1S/C13H23N3O3/c1-4-10-7-11(16(6-3)15-10)12(19)14-13(5-2,8-17)9-18/h7,17-18H,4-6,8-9H2,1-3H3,(H,14,19). The molecule has 1 heterocycles. The highest BCUT2D eigenvalue weighted by atomic mass is 16.3. The predicted molar refractivity (Wildman–Crippen MR) is 71.9 cm³/mol. The van der Waals surface area contributed by atoms with Crippen molar-refractivity contribution in [2.24, 2.45) is 0 Å². The topological polar surface area (TPSA) is 87.4 Å². The van der Waals surface area contributed by atoms with Crippen molar-refractivity contribution < 1.29 is 15.0 Å². The van der Waals surface area contributed by atoms with Crippen molar-refractivity contribution in [1.29, 1.82) is 0 Å². The molecule has 6 nitrogen and oxygen atoms in total. The van der Waals surface area contributed by atoms with Gasteiger partial charge in [0.1, 0.15) is 5.69 Å². The average Bonchev–Trinajstić information content (AvgIpc) is 2.88. The second kappa shape index (κ2) is 6.68. The molecular weight excluding hydrogens is 246 g/mol. The van der Waals surface area contributed by atoms with E-state index in [1.165, 1.54) is 0 Å². The Morgan fingerprint density at radius 1 is 1.37 bits per heavy atom. The van der Waals surface area contributed by atoms with Crippen molar-refractivity contribution in [3.05, 3.63) is 17.5 Å². The zero-order valence-electron chi connectivity index (χ0n) is 11.8. The van der Waals surface area contributed by atoms with E-state index in [4.69, 9.17) is 0 Å². The first-order chi connectivity index (χ1) is 9.05. The molecule has 0 bridgehead atoms. The molecule has 1 aromatic rings. The van der Waals surface area contributed by atoms with E-state index >= 15 is 0 Å². The highest BCUT2D eigenvalue weighted by molar-refractivity contribution is 5.93. The molecule has 0 unspecified atom stereocenters. The van der Waals surface area contributed by atoms with Crippen molar-refractivity contribution in [1.82, 2.24) is 15.1 Å². The van der Waals surface area contributed by atoms with Crippen LogP contribution in [0.4, 0.5) is 0 Å². The predicted octanol–water partition coefficient (Wildman–Crippen LogP) is 0.329. The normalized spacial score (nSPS) is 11.6. The Hall–Kier alpha value is -1.40. The molecule has 0 aliphatic heterocycles. The first-order valence-electron chi connectivity index (χ1n) is 6.66. The number of aryl methyl sites for hydroxylation is 2. The van der Waals surface area contributed by atoms with E-state index in [0.717, 1.165) is 12.1 Å². The number of carbonyl (C=O) groups is 1. The lowest BCUT2D eigenvalue weighted by Crippen LogP contribution is -2.54. The number of aromatic nitrogens is 2. The van der Waals surface area contributed by atoms with Gasteiger partial charge in [0.2, 0.25) is 0 Å². The van der Waals surface area contributed by atoms with Crippen LogP contribution in [-0.4, -0.2) is 44.7 Å². The van der Waals surface area contributed by atoms with Crippen LogP contribution in [0.1, 0.15) is 43.4 Å². The highest BCUT2D eigenvalue weighted by Gasteiger charge is 2.30. The molecule has 0 spiro atoms. The van der Waals surface area contributed by atoms with Crippen LogP contribution >= 0.6 is 0 Å². The van der Waals surface area contributed by atoms with Gasteiger partial charge in [0.05, 0.1) is 24.4 Å². The fourth-order valence-corrected chi connectivity index (χ4v) is 1.81. The molecule has 1 rings (SSSR count). The molecule has 1 amide bonds. The van der Waals surface area contributed by atoms with E-state index in [1.54, 1.807) is 17.7 Å². The van der Waals surface area contributed by atoms with E-state index in [2.05, 4.69) is 10.4 Å². The minimum atomic E-state index is -0.980. The molecule has 0 radical (unpaired) electrons. The largest absolute Gasteiger partial charge is 0.394 e. The summed E-state index contributed by atoms with van der Waals surface area (Å²) in [4.78, 5) is 12.3. The lowest BCUT2D eigenvalue weighted by atomic mass is 9.98. The van der Waals surface area contributed by atoms with Gasteiger partial charge in [-0.3, -0.25) is 9.48 Å². The van der Waals surface area contributed by atoms with E-state index in [1.807, 2.05) is 13.8 Å². The number of aliphatic hydroxyl groups is 2. The molecule has 1 aromatic heterocycles. The number of amides is 1. The van der Waals surface area contributed by atoms with Gasteiger partial charge in [0.25, 0.3) is 5.91 Å². The van der Waals surface area contributed by atoms with Gasteiger partial charge in [-0.25, -0.2) is 0 Å². The Morgan fingerprint density at radius 3 is 2.42 bits per heavy atom. The summed E-state index contributed by atoms with van der Waals surface area (Å²) in [6.45, 7) is 5.69. The molecule has 0 aromatic carbocycles. The van der Waals surface area contributed by atoms with Crippen LogP contribution in [0, 0.1) is 0 Å². The van der Waals surface area contributed by atoms with Gasteiger partial charge in [-0.05, 0) is 25.8 Å². The third-order valence-corrected chi connectivity index (χ3v) is 3.39. The van der Waals surface area contributed by atoms with Crippen LogP contribution in [0.15, 0.2) is 6.07 Å². The van der Waals surface area contributed by atoms with E-state index in [-0.39, 0.29) is 19.1 Å². The zero-order chi connectivity index (χ0) is 14.5. The molecule has 108 valence electrons. The van der Waals surface area contributed by atoms with E-state index < -0.39 is 5.54 Å². The van der Waals surface area contributed by atoms with Crippen LogP contribution in [0.5, 0.6) is 0 Å². The van der Waals surface area contributed by atoms with Crippen LogP contribution in [0.3, 0.4) is 0 Å². The van der Waals surface area contributed by atoms with Gasteiger partial charge in [-0.15, -0.1) is 0 Å². The summed E-state index contributed by atoms with van der Waals surface area (Å²) in [7, 11) is 0. The monoisotopic (exact) mass is 269 g/mol. The number of hydrogen-bond acceptors (Lipinski definition) is 4. The lowest BCUT2D eigenvalue weighted by Gasteiger charge is -2.29. The first kappa shape index (κ1) is 15.7. The highest BCUT2D eigenvalue weighted by Crippen LogP contribution is 2.12. The molecule has 19 heavy (non-hydrogen) atoms. The Labute approximate surface area is 113 Å². The van der Waals surface area contributed by atoms with Crippen molar-refractivity contribution in [3.63, 3.8) is 0 Å². The Bertz CT molecular complexity index is 417. The molecule has 0 fully saturated rings. The van der Waals surface area contributed by atoms with Crippen molar-refractivity contribution >= 4 is 5.91 Å². The minimum Gasteiger partial charge on any atom is -0.394 e. The number of rotatable bonds is 7. The summed E-state index contributed by atoms with van der Waals surface area (Å²) >= 11 is 0. The Morgan fingerprint density at radius 2 is 2.00 bits per heavy atom. The summed E-state index contributed by atoms with van der Waals surface area (Å²) in [5.74, 6) is -0.320. The number of hydrogen-bond donors (Lipinski definition) is 3. The second-order valence-electron chi connectivity index (χ2n) is 4.59. The van der Waals surface area contributed by atoms with Crippen molar-refractivity contribution in [2.75, 3.05) is 13.2 Å². The quantitative estimate of drug-likeness (QED) is 0.665. The average molecular weight is 269 g/mol. The number of carbonyl (C=O) groups excluding carboxylic acids is 1. The molecule has 0 atom stereocenters. The molecular formula is C13H23N3O3. The Kier molecular flexibility index (Phi) is 5.50. The molecule has 0 aliphatic carbocycles. The summed E-state index contributed by atoms with van der Waals surface area (Å²) in [6, 6.07) is 1.74. The van der Waals surface area contributed by atoms with Crippen LogP contribution in [0.2, 0.25) is 0 Å². The maximum absolute atomic E-state index is 12.3. The van der Waals surface area contributed by atoms with Crippen molar-refractivity contribution in [2.45, 2.75) is 45.7 Å². The number of nitrogens with one attached hydrogen (secondary N) is 1. The smallest absolute Gasteiger partial charge is 0.270 e. The zero-order valence-corrected chi connectivity index (χ0v) is 11.8. The summed E-state index contributed by atoms with van der Waals surface area (Å²) in [5, 5.41) is 25.7. The molecule has 0 saturated heterocycles. The summed E-state index contributed by atoms with van der Waals surface area (Å²) in [6.07, 6.45) is 1.21. The lowest BCUT2D eigenvalue weighted by molar-refractivity contribution is 0.0645. The first-order valence-corrected chi connectivity index (χ1v) is 6.66. The third kappa shape index (κ3) is 3.33. The van der Waals surface area contributed by atoms with Crippen LogP contribution in [-0.2, 0) is 13.0 Å². The number of nitrogens with zero attached hydrogens (tertiary/aromatic N) is 2. The van der Waals surface area contributed by atoms with Gasteiger partial charge in [-0.2, -0.15) is 5.10 Å². The molecule has 3 N–H and O–H groups in total. The third-order valence-electron chi connectivity index (χ3n) is 3.39. The summed E-state index contributed by atoms with van der Waals surface area (Å²) < 4.78 is 1.63. The van der Waals surface area contributed by atoms with Crippen molar-refractivity contribution in [3.8, 4) is 0 Å². The molecule has 0 saturated carbocycles. The SMILES string of the molecule is CCc1cc(C(=O)NC(CC)(CO)CO)n(CC)n1.